The molecule has 3 rings (SSSR count). The summed E-state index contributed by atoms with van der Waals surface area (Å²) in [5.74, 6) is -0.360. The van der Waals surface area contributed by atoms with Crippen LogP contribution in [0, 0.1) is 6.92 Å². The van der Waals surface area contributed by atoms with Crippen molar-refractivity contribution in [3.63, 3.8) is 0 Å². The summed E-state index contributed by atoms with van der Waals surface area (Å²) in [6, 6.07) is 9.80. The highest BCUT2D eigenvalue weighted by Crippen LogP contribution is 2.25. The van der Waals surface area contributed by atoms with Gasteiger partial charge in [-0.15, -0.1) is 0 Å². The molecule has 2 aromatic rings. The van der Waals surface area contributed by atoms with E-state index in [-0.39, 0.29) is 17.3 Å². The van der Waals surface area contributed by atoms with Crippen molar-refractivity contribution in [2.45, 2.75) is 37.6 Å². The second-order valence-electron chi connectivity index (χ2n) is 6.86. The molecule has 0 aromatic heterocycles. The molecule has 28 heavy (non-hydrogen) atoms. The van der Waals surface area contributed by atoms with Gasteiger partial charge in [-0.25, -0.2) is 8.42 Å². The van der Waals surface area contributed by atoms with Crippen molar-refractivity contribution in [1.29, 1.82) is 0 Å². The Labute approximate surface area is 175 Å². The van der Waals surface area contributed by atoms with E-state index < -0.39 is 10.0 Å². The summed E-state index contributed by atoms with van der Waals surface area (Å²) >= 11 is 12.0. The minimum Gasteiger partial charge on any atom is -0.348 e. The lowest BCUT2D eigenvalue weighted by atomic mass is 10.1. The van der Waals surface area contributed by atoms with Gasteiger partial charge in [-0.2, -0.15) is 4.31 Å². The molecule has 5 nitrogen and oxygen atoms in total. The van der Waals surface area contributed by atoms with Gasteiger partial charge in [0.1, 0.15) is 0 Å². The molecular weight excluding hydrogens is 419 g/mol. The Balaban J connectivity index is 1.79. The van der Waals surface area contributed by atoms with Crippen LogP contribution in [0.25, 0.3) is 0 Å². The van der Waals surface area contributed by atoms with Crippen molar-refractivity contribution in [2.24, 2.45) is 0 Å². The molecular formula is C20H22Cl2N2O3S. The number of hydrogen-bond donors (Lipinski definition) is 1. The highest BCUT2D eigenvalue weighted by molar-refractivity contribution is 7.89. The van der Waals surface area contributed by atoms with E-state index >= 15 is 0 Å². The molecule has 1 fully saturated rings. The summed E-state index contributed by atoms with van der Waals surface area (Å²) in [4.78, 5) is 12.8. The first-order valence-corrected chi connectivity index (χ1v) is 11.3. The molecule has 0 radical (unpaired) electrons. The Hall–Kier alpha value is -1.60. The largest absolute Gasteiger partial charge is 0.348 e. The van der Waals surface area contributed by atoms with E-state index in [1.807, 2.05) is 0 Å². The molecule has 1 saturated heterocycles. The highest BCUT2D eigenvalue weighted by atomic mass is 35.5. The van der Waals surface area contributed by atoms with Gasteiger partial charge in [-0.3, -0.25) is 4.79 Å². The number of hydrogen-bond acceptors (Lipinski definition) is 3. The molecule has 1 heterocycles. The van der Waals surface area contributed by atoms with Gasteiger partial charge in [-0.1, -0.05) is 41.8 Å². The maximum Gasteiger partial charge on any atom is 0.251 e. The van der Waals surface area contributed by atoms with E-state index in [1.165, 1.54) is 10.4 Å². The van der Waals surface area contributed by atoms with Gasteiger partial charge in [0, 0.05) is 35.2 Å². The summed E-state index contributed by atoms with van der Waals surface area (Å²) in [5.41, 5.74) is 1.65. The number of piperidine rings is 1. The van der Waals surface area contributed by atoms with Crippen LogP contribution in [0.2, 0.25) is 10.0 Å². The zero-order valence-electron chi connectivity index (χ0n) is 15.5. The number of aryl methyl sites for hydroxylation is 1. The van der Waals surface area contributed by atoms with Crippen molar-refractivity contribution >= 4 is 39.1 Å². The predicted octanol–water partition coefficient (Wildman–Crippen LogP) is 4.41. The standard InChI is InChI=1S/C20H22Cl2N2O3S/c1-14-5-6-15(11-19(14)28(26,27)24-9-3-2-4-10-24)20(25)23-13-16-7-8-17(21)12-18(16)22/h5-8,11-12H,2-4,9-10,13H2,1H3,(H,23,25). The monoisotopic (exact) mass is 440 g/mol. The number of carbonyl (C=O) groups excluding carboxylic acids is 1. The third-order valence-electron chi connectivity index (χ3n) is 4.84. The van der Waals surface area contributed by atoms with Gasteiger partial charge in [0.25, 0.3) is 5.91 Å². The van der Waals surface area contributed by atoms with Crippen LogP contribution in [0.5, 0.6) is 0 Å². The van der Waals surface area contributed by atoms with Crippen LogP contribution >= 0.6 is 23.2 Å². The first-order chi connectivity index (χ1) is 13.3. The van der Waals surface area contributed by atoms with Gasteiger partial charge in [-0.05, 0) is 55.2 Å². The van der Waals surface area contributed by atoms with Gasteiger partial charge in [0.2, 0.25) is 10.0 Å². The SMILES string of the molecule is Cc1ccc(C(=O)NCc2ccc(Cl)cc2Cl)cc1S(=O)(=O)N1CCCCC1. The van der Waals surface area contributed by atoms with Crippen molar-refractivity contribution in [3.8, 4) is 0 Å². The van der Waals surface area contributed by atoms with E-state index in [2.05, 4.69) is 5.32 Å². The second kappa shape index (κ2) is 8.82. The molecule has 0 aliphatic carbocycles. The first kappa shape index (κ1) is 21.1. The average Bonchev–Trinajstić information content (AvgIpc) is 2.68. The van der Waals surface area contributed by atoms with Crippen molar-refractivity contribution in [3.05, 3.63) is 63.1 Å². The number of halogens is 2. The Morgan fingerprint density at radius 3 is 2.46 bits per heavy atom. The Morgan fingerprint density at radius 1 is 1.07 bits per heavy atom. The van der Waals surface area contributed by atoms with E-state index in [9.17, 15) is 13.2 Å². The molecule has 1 aliphatic rings. The number of rotatable bonds is 5. The van der Waals surface area contributed by atoms with E-state index in [0.717, 1.165) is 24.8 Å². The first-order valence-electron chi connectivity index (χ1n) is 9.12. The molecule has 0 atom stereocenters. The van der Waals surface area contributed by atoms with Crippen LogP contribution in [-0.2, 0) is 16.6 Å². The Morgan fingerprint density at radius 2 is 1.79 bits per heavy atom. The predicted molar refractivity (Wildman–Crippen MR) is 111 cm³/mol. The molecule has 2 aromatic carbocycles. The normalized spacial score (nSPS) is 15.4. The third kappa shape index (κ3) is 4.69. The molecule has 1 amide bonds. The Kier molecular flexibility index (Phi) is 6.65. The lowest BCUT2D eigenvalue weighted by molar-refractivity contribution is 0.0950. The van der Waals surface area contributed by atoms with Crippen LogP contribution in [-0.4, -0.2) is 31.7 Å². The molecule has 0 spiro atoms. The lowest BCUT2D eigenvalue weighted by Gasteiger charge is -2.26. The number of carbonyl (C=O) groups is 1. The number of nitrogens with one attached hydrogen (secondary N) is 1. The van der Waals surface area contributed by atoms with Crippen molar-refractivity contribution in [2.75, 3.05) is 13.1 Å². The summed E-state index contributed by atoms with van der Waals surface area (Å²) in [5, 5.41) is 3.76. The second-order valence-corrected chi connectivity index (χ2v) is 9.61. The zero-order valence-corrected chi connectivity index (χ0v) is 17.9. The number of nitrogens with zero attached hydrogens (tertiary/aromatic N) is 1. The highest BCUT2D eigenvalue weighted by Gasteiger charge is 2.28. The minimum atomic E-state index is -3.61. The summed E-state index contributed by atoms with van der Waals surface area (Å²) < 4.78 is 27.5. The molecule has 1 aliphatic heterocycles. The molecule has 0 unspecified atom stereocenters. The van der Waals surface area contributed by atoms with Crippen LogP contribution in [0.4, 0.5) is 0 Å². The molecule has 150 valence electrons. The van der Waals surface area contributed by atoms with E-state index in [0.29, 0.717) is 34.3 Å². The van der Waals surface area contributed by atoms with Crippen LogP contribution < -0.4 is 5.32 Å². The molecule has 0 bridgehead atoms. The lowest BCUT2D eigenvalue weighted by Crippen LogP contribution is -2.36. The summed E-state index contributed by atoms with van der Waals surface area (Å²) in [7, 11) is -3.61. The fraction of sp³-hybridized carbons (Fsp3) is 0.350. The smallest absolute Gasteiger partial charge is 0.251 e. The summed E-state index contributed by atoms with van der Waals surface area (Å²) in [6.07, 6.45) is 2.77. The fourth-order valence-electron chi connectivity index (χ4n) is 3.21. The Bertz CT molecular complexity index is 987. The number of benzene rings is 2. The van der Waals surface area contributed by atoms with Crippen LogP contribution in [0.3, 0.4) is 0 Å². The number of sulfonamides is 1. The molecule has 0 saturated carbocycles. The average molecular weight is 441 g/mol. The number of amides is 1. The molecule has 1 N–H and O–H groups in total. The molecule has 8 heteroatoms. The quantitative estimate of drug-likeness (QED) is 0.748. The maximum atomic E-state index is 13.0. The van der Waals surface area contributed by atoms with Gasteiger partial charge in [0.15, 0.2) is 0 Å². The van der Waals surface area contributed by atoms with Crippen molar-refractivity contribution in [1.82, 2.24) is 9.62 Å². The van der Waals surface area contributed by atoms with E-state index in [1.54, 1.807) is 37.3 Å². The van der Waals surface area contributed by atoms with Crippen molar-refractivity contribution < 1.29 is 13.2 Å². The summed E-state index contributed by atoms with van der Waals surface area (Å²) in [6.45, 7) is 3.00. The topological polar surface area (TPSA) is 66.5 Å². The van der Waals surface area contributed by atoms with E-state index in [4.69, 9.17) is 23.2 Å². The fourth-order valence-corrected chi connectivity index (χ4v) is 5.45. The minimum absolute atomic E-state index is 0.187. The van der Waals surface area contributed by atoms with Gasteiger partial charge >= 0.3 is 0 Å². The maximum absolute atomic E-state index is 13.0. The third-order valence-corrected chi connectivity index (χ3v) is 7.47. The van der Waals surface area contributed by atoms with Crippen LogP contribution in [0.15, 0.2) is 41.3 Å². The van der Waals surface area contributed by atoms with Crippen LogP contribution in [0.1, 0.15) is 40.7 Å². The van der Waals surface area contributed by atoms with Gasteiger partial charge < -0.3 is 5.32 Å². The van der Waals surface area contributed by atoms with Gasteiger partial charge in [0.05, 0.1) is 4.90 Å². The zero-order chi connectivity index (χ0) is 20.3.